The Morgan fingerprint density at radius 1 is 1.41 bits per heavy atom. The maximum atomic E-state index is 12.0. The molecule has 0 N–H and O–H groups in total. The molecule has 17 heavy (non-hydrogen) atoms. The van der Waals surface area contributed by atoms with E-state index in [-0.39, 0.29) is 11.7 Å². The molecule has 1 unspecified atom stereocenters. The molecule has 0 saturated carbocycles. The van der Waals surface area contributed by atoms with Crippen LogP contribution < -0.4 is 0 Å². The zero-order valence-corrected chi connectivity index (χ0v) is 11.8. The van der Waals surface area contributed by atoms with Crippen LogP contribution in [0.4, 0.5) is 0 Å². The minimum absolute atomic E-state index is 0.0938. The maximum Gasteiger partial charge on any atom is 0.141 e. The Morgan fingerprint density at radius 2 is 2.06 bits per heavy atom. The average molecular weight is 257 g/mol. The summed E-state index contributed by atoms with van der Waals surface area (Å²) >= 11 is 6.26. The number of Topliss-reactive ketones (excluding diaryl/α,β-unsaturated/α-hetero) is 1. The van der Waals surface area contributed by atoms with E-state index in [9.17, 15) is 4.79 Å². The van der Waals surface area contributed by atoms with Gasteiger partial charge in [0.2, 0.25) is 0 Å². The van der Waals surface area contributed by atoms with Gasteiger partial charge < -0.3 is 0 Å². The molecule has 0 amide bonds. The molecule has 0 aliphatic rings. The lowest BCUT2D eigenvalue weighted by Crippen LogP contribution is -2.16. The smallest absolute Gasteiger partial charge is 0.141 e. The molecule has 1 rings (SSSR count). The van der Waals surface area contributed by atoms with Crippen molar-refractivity contribution >= 4 is 17.4 Å². The van der Waals surface area contributed by atoms with E-state index in [1.807, 2.05) is 32.4 Å². The van der Waals surface area contributed by atoms with Crippen molar-refractivity contribution in [3.05, 3.63) is 16.4 Å². The highest BCUT2D eigenvalue weighted by atomic mass is 35.5. The third-order valence-electron chi connectivity index (χ3n) is 3.20. The monoisotopic (exact) mass is 256 g/mol. The number of halogens is 1. The minimum atomic E-state index is 0.0938. The Labute approximate surface area is 108 Å². The van der Waals surface area contributed by atoms with Gasteiger partial charge in [-0.15, -0.1) is 0 Å². The molecule has 0 fully saturated rings. The summed E-state index contributed by atoms with van der Waals surface area (Å²) in [5.41, 5.74) is 1.76. The molecular weight excluding hydrogens is 236 g/mol. The molecule has 1 aromatic rings. The van der Waals surface area contributed by atoms with E-state index in [2.05, 4.69) is 5.10 Å². The molecule has 0 bridgehead atoms. The molecular formula is C13H21ClN2O. The summed E-state index contributed by atoms with van der Waals surface area (Å²) in [6, 6.07) is 0. The van der Waals surface area contributed by atoms with Crippen molar-refractivity contribution in [1.82, 2.24) is 9.78 Å². The lowest BCUT2D eigenvalue weighted by Gasteiger charge is -2.08. The van der Waals surface area contributed by atoms with Crippen LogP contribution in [0, 0.1) is 5.92 Å². The zero-order valence-electron chi connectivity index (χ0n) is 11.1. The fourth-order valence-corrected chi connectivity index (χ4v) is 2.09. The molecule has 1 heterocycles. The van der Waals surface area contributed by atoms with Crippen molar-refractivity contribution < 1.29 is 4.79 Å². The van der Waals surface area contributed by atoms with Crippen LogP contribution in [0.25, 0.3) is 0 Å². The Hall–Kier alpha value is -0.830. The first-order chi connectivity index (χ1) is 8.04. The summed E-state index contributed by atoms with van der Waals surface area (Å²) in [5.74, 6) is 0.336. The number of hydrogen-bond acceptors (Lipinski definition) is 2. The molecule has 0 aromatic carbocycles. The van der Waals surface area contributed by atoms with Gasteiger partial charge in [0.1, 0.15) is 5.78 Å². The maximum absolute atomic E-state index is 12.0. The second kappa shape index (κ2) is 6.20. The molecule has 0 saturated heterocycles. The largest absolute Gasteiger partial charge is 0.299 e. The highest BCUT2D eigenvalue weighted by Crippen LogP contribution is 2.23. The van der Waals surface area contributed by atoms with E-state index in [0.29, 0.717) is 11.4 Å². The number of ketones is 1. The Balaban J connectivity index is 2.97. The summed E-state index contributed by atoms with van der Waals surface area (Å²) < 4.78 is 1.85. The van der Waals surface area contributed by atoms with Crippen molar-refractivity contribution in [3.8, 4) is 0 Å². The van der Waals surface area contributed by atoms with Crippen LogP contribution in [0.15, 0.2) is 0 Å². The Bertz CT molecular complexity index is 398. The zero-order chi connectivity index (χ0) is 13.0. The summed E-state index contributed by atoms with van der Waals surface area (Å²) in [7, 11) is 0. The lowest BCUT2D eigenvalue weighted by atomic mass is 9.99. The number of aryl methyl sites for hydroxylation is 2. The lowest BCUT2D eigenvalue weighted by molar-refractivity contribution is -0.121. The fourth-order valence-electron chi connectivity index (χ4n) is 1.75. The Kier molecular flexibility index (Phi) is 5.19. The van der Waals surface area contributed by atoms with Crippen molar-refractivity contribution in [1.29, 1.82) is 0 Å². The Morgan fingerprint density at radius 3 is 2.53 bits per heavy atom. The molecule has 96 valence electrons. The summed E-state index contributed by atoms with van der Waals surface area (Å²) in [6.45, 7) is 8.78. The molecule has 3 nitrogen and oxygen atoms in total. The average Bonchev–Trinajstić information content (AvgIpc) is 2.65. The predicted molar refractivity (Wildman–Crippen MR) is 70.5 cm³/mol. The normalized spacial score (nSPS) is 12.8. The van der Waals surface area contributed by atoms with Crippen molar-refractivity contribution in [3.63, 3.8) is 0 Å². The van der Waals surface area contributed by atoms with Gasteiger partial charge in [-0.05, 0) is 19.8 Å². The van der Waals surface area contributed by atoms with Crippen LogP contribution in [0.5, 0.6) is 0 Å². The number of carbonyl (C=O) groups is 1. The van der Waals surface area contributed by atoms with Crippen LogP contribution in [0.2, 0.25) is 5.02 Å². The molecule has 0 aliphatic carbocycles. The molecule has 0 aliphatic heterocycles. The van der Waals surface area contributed by atoms with Gasteiger partial charge in [0.05, 0.1) is 22.8 Å². The van der Waals surface area contributed by atoms with Crippen molar-refractivity contribution in [2.75, 3.05) is 0 Å². The van der Waals surface area contributed by atoms with Gasteiger partial charge in [-0.1, -0.05) is 32.4 Å². The number of hydrogen-bond donors (Lipinski definition) is 0. The molecule has 4 heteroatoms. The van der Waals surface area contributed by atoms with Gasteiger partial charge in [0.15, 0.2) is 0 Å². The summed E-state index contributed by atoms with van der Waals surface area (Å²) in [6.07, 6.45) is 2.07. The molecule has 0 spiro atoms. The van der Waals surface area contributed by atoms with Crippen LogP contribution in [0.1, 0.15) is 45.5 Å². The summed E-state index contributed by atoms with van der Waals surface area (Å²) in [4.78, 5) is 12.0. The predicted octanol–water partition coefficient (Wildman–Crippen LogP) is 3.28. The van der Waals surface area contributed by atoms with Crippen LogP contribution in [-0.4, -0.2) is 15.6 Å². The van der Waals surface area contributed by atoms with Crippen LogP contribution in [0.3, 0.4) is 0 Å². The quantitative estimate of drug-likeness (QED) is 0.783. The second-order valence-electron chi connectivity index (χ2n) is 4.33. The molecule has 1 atom stereocenters. The van der Waals surface area contributed by atoms with Crippen molar-refractivity contribution in [2.45, 2.75) is 53.5 Å². The van der Waals surface area contributed by atoms with E-state index in [0.717, 1.165) is 30.8 Å². The van der Waals surface area contributed by atoms with E-state index >= 15 is 0 Å². The first-order valence-corrected chi connectivity index (χ1v) is 6.69. The number of nitrogens with zero attached hydrogens (tertiary/aromatic N) is 2. The number of rotatable bonds is 6. The molecule has 1 aromatic heterocycles. The van der Waals surface area contributed by atoms with E-state index in [1.54, 1.807) is 0 Å². The van der Waals surface area contributed by atoms with Gasteiger partial charge in [-0.3, -0.25) is 9.48 Å². The van der Waals surface area contributed by atoms with E-state index in [4.69, 9.17) is 11.6 Å². The second-order valence-corrected chi connectivity index (χ2v) is 4.71. The van der Waals surface area contributed by atoms with E-state index in [1.165, 1.54) is 0 Å². The third kappa shape index (κ3) is 3.09. The van der Waals surface area contributed by atoms with Gasteiger partial charge in [0.25, 0.3) is 0 Å². The van der Waals surface area contributed by atoms with Crippen LogP contribution in [-0.2, 0) is 24.2 Å². The van der Waals surface area contributed by atoms with Gasteiger partial charge in [-0.25, -0.2) is 0 Å². The van der Waals surface area contributed by atoms with Crippen LogP contribution >= 0.6 is 11.6 Å². The van der Waals surface area contributed by atoms with Gasteiger partial charge in [-0.2, -0.15) is 5.10 Å². The highest BCUT2D eigenvalue weighted by Gasteiger charge is 2.19. The molecule has 0 radical (unpaired) electrons. The topological polar surface area (TPSA) is 34.9 Å². The minimum Gasteiger partial charge on any atom is -0.299 e. The first-order valence-electron chi connectivity index (χ1n) is 6.31. The van der Waals surface area contributed by atoms with E-state index < -0.39 is 0 Å². The van der Waals surface area contributed by atoms with Crippen molar-refractivity contribution in [2.24, 2.45) is 5.92 Å². The third-order valence-corrected chi connectivity index (χ3v) is 3.63. The standard InChI is InChI=1S/C13H21ClN2O/c1-5-9(4)12(17)8-11-13(14)10(6-2)15-16(11)7-3/h9H,5-8H2,1-4H3. The van der Waals surface area contributed by atoms with Gasteiger partial charge in [0, 0.05) is 12.5 Å². The number of aromatic nitrogens is 2. The van der Waals surface area contributed by atoms with Gasteiger partial charge >= 0.3 is 0 Å². The fraction of sp³-hybridized carbons (Fsp3) is 0.692. The first kappa shape index (κ1) is 14.2. The SMILES string of the molecule is CCc1nn(CC)c(CC(=O)C(C)CC)c1Cl. The summed E-state index contributed by atoms with van der Waals surface area (Å²) in [5, 5.41) is 5.09. The highest BCUT2D eigenvalue weighted by molar-refractivity contribution is 6.32. The number of carbonyl (C=O) groups excluding carboxylic acids is 1.